The monoisotopic (exact) mass is 1380 g/mol. The minimum Gasteiger partial charge on any atom is -0.461 e. The summed E-state index contributed by atoms with van der Waals surface area (Å²) in [5, 5.41) is 7.74. The topological polar surface area (TPSA) is 235 Å². The molecule has 1 N–H and O–H groups in total. The summed E-state index contributed by atoms with van der Waals surface area (Å²) in [6, 6.07) is 48.0. The average molecular weight is 1380 g/mol. The van der Waals surface area contributed by atoms with Crippen LogP contribution in [0.2, 0.25) is 0 Å². The fraction of sp³-hybridized carbons (Fsp3) is 0.173. The molecule has 1 aliphatic rings. The van der Waals surface area contributed by atoms with Gasteiger partial charge in [0.2, 0.25) is 5.71 Å². The minimum atomic E-state index is 0. The van der Waals surface area contributed by atoms with Gasteiger partial charge in [0.15, 0.2) is 17.0 Å². The SMILES string of the molecule is C.C.Cc1ccccc1.Cc1ccccn1.Cc1ccnc2c1CC=N2.Cc1ccnc2ccccc12.Cc1ccnc2nc[nH]c12.Cc1ccnc2occc12.Cc1ccnc2sccc12.Cc1ccncc1.Cc1ccncn1.Cc1ncnc2ccoc12.Cc1ncnc2ccsc12. The van der Waals surface area contributed by atoms with Crippen molar-refractivity contribution in [3.05, 3.63) is 317 Å². The van der Waals surface area contributed by atoms with Gasteiger partial charge in [0, 0.05) is 108 Å². The number of rotatable bonds is 0. The van der Waals surface area contributed by atoms with Crippen LogP contribution in [0.1, 0.15) is 82.1 Å². The van der Waals surface area contributed by atoms with Crippen LogP contribution in [-0.2, 0) is 6.42 Å². The Balaban J connectivity index is 0.000000175. The molecule has 16 heterocycles. The number of imidazole rings is 1. The number of pyridine rings is 7. The molecular formula is C81H86N16O2S2. The summed E-state index contributed by atoms with van der Waals surface area (Å²) < 4.78 is 11.4. The molecule has 0 saturated heterocycles. The minimum absolute atomic E-state index is 0. The number of furan rings is 2. The second kappa shape index (κ2) is 42.1. The quantitative estimate of drug-likeness (QED) is 0.149. The maximum atomic E-state index is 5.12. The van der Waals surface area contributed by atoms with Gasteiger partial charge in [-0.3, -0.25) is 15.0 Å². The zero-order valence-corrected chi connectivity index (χ0v) is 58.9. The Labute approximate surface area is 599 Å². The Morgan fingerprint density at radius 3 is 1.62 bits per heavy atom. The Morgan fingerprint density at radius 2 is 1.01 bits per heavy atom. The highest BCUT2D eigenvalue weighted by molar-refractivity contribution is 7.17. The van der Waals surface area contributed by atoms with Gasteiger partial charge in [0.25, 0.3) is 0 Å². The first kappa shape index (κ1) is 78.1. The molecular weight excluding hydrogens is 1290 g/mol. The molecule has 0 spiro atoms. The fourth-order valence-corrected chi connectivity index (χ4v) is 10.6. The number of hydrogen-bond acceptors (Lipinski definition) is 19. The van der Waals surface area contributed by atoms with Crippen LogP contribution in [0.4, 0.5) is 5.82 Å². The summed E-state index contributed by atoms with van der Waals surface area (Å²) in [6.07, 6.45) is 28.6. The Morgan fingerprint density at radius 1 is 0.386 bits per heavy atom. The summed E-state index contributed by atoms with van der Waals surface area (Å²) in [5.41, 5.74) is 20.5. The Kier molecular flexibility index (Phi) is 32.5. The van der Waals surface area contributed by atoms with Crippen LogP contribution in [0.25, 0.3) is 64.7 Å². The van der Waals surface area contributed by atoms with E-state index in [-0.39, 0.29) is 14.9 Å². The van der Waals surface area contributed by atoms with Crippen LogP contribution in [-0.4, -0.2) is 81.0 Å². The van der Waals surface area contributed by atoms with Crippen molar-refractivity contribution in [1.82, 2.24) is 74.8 Å². The highest BCUT2D eigenvalue weighted by Crippen LogP contribution is 2.24. The second-order valence-electron chi connectivity index (χ2n) is 22.0. The number of nitrogens with zero attached hydrogens (tertiary/aromatic N) is 15. The van der Waals surface area contributed by atoms with Crippen LogP contribution >= 0.6 is 22.7 Å². The van der Waals surface area contributed by atoms with Gasteiger partial charge in [-0.05, 0) is 205 Å². The van der Waals surface area contributed by atoms with Crippen molar-refractivity contribution in [3.63, 3.8) is 0 Å². The number of benzene rings is 2. The van der Waals surface area contributed by atoms with Crippen LogP contribution in [0.3, 0.4) is 0 Å². The standard InChI is InChI=1S/C10H9N.C8H8N2.C8H7NO.C8H7NS.C7H7N3.C7H6N2O.C7H6N2S.C7H8.2C6H7N.C5H6N2.2CH4/c1-8-6-7-11-10-5-3-2-4-9(8)10;3*1-6-2-4-9-8-7(6)3-5-10-8;1-5-2-3-8-7-6(5)9-4-10-7;2*1-5-7-6(2-3-10-7)9-4-8-5;1-7-5-3-2-4-6-7;1-6-2-4-7-5-3-6;1-6-4-2-3-5-7-6;1-5-2-3-6-4-7-5;;/h2-7H,1H3;2,4-5H,3H2,1H3;2*2-5H,1H3;2-4H,1H3,(H,8,9,10);2*2-4H,1H3;2-6H,1H3;2*2-5H,1H3;2-4H,1H3;2*1H4. The first-order valence-electron chi connectivity index (χ1n) is 31.6. The molecule has 18 rings (SSSR count). The highest BCUT2D eigenvalue weighted by Gasteiger charge is 2.09. The first-order valence-corrected chi connectivity index (χ1v) is 33.4. The molecule has 0 amide bonds. The van der Waals surface area contributed by atoms with E-state index < -0.39 is 0 Å². The molecule has 0 aliphatic carbocycles. The van der Waals surface area contributed by atoms with E-state index in [2.05, 4.69) is 137 Å². The normalized spacial score (nSPS) is 10.1. The van der Waals surface area contributed by atoms with Crippen molar-refractivity contribution < 1.29 is 8.83 Å². The molecule has 0 radical (unpaired) electrons. The van der Waals surface area contributed by atoms with E-state index in [1.807, 2.05) is 194 Å². The lowest BCUT2D eigenvalue weighted by atomic mass is 10.1. The average Bonchev–Trinajstić information content (AvgIpc) is 1.80. The largest absolute Gasteiger partial charge is 0.461 e. The number of aromatic amines is 1. The molecule has 0 atom stereocenters. The molecule has 0 fully saturated rings. The van der Waals surface area contributed by atoms with E-state index in [0.717, 1.165) is 84.2 Å². The van der Waals surface area contributed by atoms with E-state index in [0.29, 0.717) is 0 Å². The maximum absolute atomic E-state index is 5.12. The number of thiophene rings is 2. The van der Waals surface area contributed by atoms with Crippen LogP contribution in [0.15, 0.2) is 264 Å². The van der Waals surface area contributed by atoms with E-state index in [9.17, 15) is 0 Å². The van der Waals surface area contributed by atoms with E-state index >= 15 is 0 Å². The number of fused-ring (bicyclic) bond motifs is 7. The third-order valence-corrected chi connectivity index (χ3v) is 16.4. The number of aromatic nitrogens is 15. The summed E-state index contributed by atoms with van der Waals surface area (Å²) in [6.45, 7) is 22.3. The smallest absolute Gasteiger partial charge is 0.226 e. The first-order chi connectivity index (χ1) is 48.2. The fourth-order valence-electron chi connectivity index (χ4n) is 8.98. The third kappa shape index (κ3) is 25.2. The van der Waals surface area contributed by atoms with Crippen molar-refractivity contribution >= 4 is 99.4 Å². The number of H-pyrrole nitrogens is 1. The number of aliphatic imine (C=N–C) groups is 1. The second-order valence-corrected chi connectivity index (χ2v) is 23.9. The van der Waals surface area contributed by atoms with Gasteiger partial charge in [0.1, 0.15) is 29.3 Å². The molecule has 20 heteroatoms. The van der Waals surface area contributed by atoms with Gasteiger partial charge >= 0.3 is 0 Å². The molecule has 0 bridgehead atoms. The summed E-state index contributed by atoms with van der Waals surface area (Å²) in [5.74, 6) is 0.903. The predicted molar refractivity (Wildman–Crippen MR) is 417 cm³/mol. The lowest BCUT2D eigenvalue weighted by Crippen LogP contribution is -1.85. The molecule has 18 nitrogen and oxygen atoms in total. The van der Waals surface area contributed by atoms with Crippen LogP contribution < -0.4 is 0 Å². The van der Waals surface area contributed by atoms with Crippen molar-refractivity contribution in [2.75, 3.05) is 0 Å². The summed E-state index contributed by atoms with van der Waals surface area (Å²) in [4.78, 5) is 64.5. The van der Waals surface area contributed by atoms with Crippen LogP contribution in [0.5, 0.6) is 0 Å². The molecule has 1 aliphatic heterocycles. The van der Waals surface area contributed by atoms with E-state index in [1.54, 1.807) is 91.2 Å². The lowest BCUT2D eigenvalue weighted by molar-refractivity contribution is 0.603. The third-order valence-electron chi connectivity index (χ3n) is 14.5. The number of hydrogen-bond donors (Lipinski definition) is 1. The van der Waals surface area contributed by atoms with E-state index in [4.69, 9.17) is 8.83 Å². The predicted octanol–water partition coefficient (Wildman–Crippen LogP) is 20.6. The zero-order valence-electron chi connectivity index (χ0n) is 57.3. The number of nitrogens with one attached hydrogen (secondary N) is 1. The molecule has 0 unspecified atom stereocenters. The molecule has 17 aromatic rings. The van der Waals surface area contributed by atoms with Gasteiger partial charge < -0.3 is 13.8 Å². The number of aryl methyl sites for hydroxylation is 11. The van der Waals surface area contributed by atoms with Crippen molar-refractivity contribution in [2.45, 2.75) is 97.4 Å². The molecule has 15 aromatic heterocycles. The lowest BCUT2D eigenvalue weighted by Gasteiger charge is -1.98. The number of para-hydroxylation sites is 1. The molecule has 101 heavy (non-hydrogen) atoms. The van der Waals surface area contributed by atoms with Gasteiger partial charge in [0.05, 0.1) is 51.5 Å². The molecule has 514 valence electrons. The summed E-state index contributed by atoms with van der Waals surface area (Å²) >= 11 is 3.38. The molecule has 0 saturated carbocycles. The zero-order chi connectivity index (χ0) is 70.0. The van der Waals surface area contributed by atoms with Gasteiger partial charge in [-0.15, -0.1) is 22.7 Å². The van der Waals surface area contributed by atoms with Gasteiger partial charge in [-0.2, -0.15) is 0 Å². The van der Waals surface area contributed by atoms with Gasteiger partial charge in [-0.25, -0.2) is 59.8 Å². The highest BCUT2D eigenvalue weighted by atomic mass is 32.1. The Bertz CT molecular complexity index is 4610. The van der Waals surface area contributed by atoms with Crippen molar-refractivity contribution in [1.29, 1.82) is 0 Å². The maximum Gasteiger partial charge on any atom is 0.226 e. The molecule has 2 aromatic carbocycles. The Hall–Kier alpha value is -11.9. The van der Waals surface area contributed by atoms with Crippen molar-refractivity contribution in [2.24, 2.45) is 4.99 Å². The van der Waals surface area contributed by atoms with Gasteiger partial charge in [-0.1, -0.05) is 75.0 Å². The van der Waals surface area contributed by atoms with Crippen molar-refractivity contribution in [3.8, 4) is 0 Å². The summed E-state index contributed by atoms with van der Waals surface area (Å²) in [7, 11) is 0. The van der Waals surface area contributed by atoms with E-state index in [1.165, 1.54) is 72.6 Å². The van der Waals surface area contributed by atoms with Crippen LogP contribution in [0, 0.1) is 76.2 Å².